The van der Waals surface area contributed by atoms with Crippen LogP contribution in [0.25, 0.3) is 0 Å². The molecular weight excluding hydrogens is 274 g/mol. The van der Waals surface area contributed by atoms with E-state index < -0.39 is 9.28 Å². The first-order valence-corrected chi connectivity index (χ1v) is 8.57. The summed E-state index contributed by atoms with van der Waals surface area (Å²) in [6.07, 6.45) is 1.86. The van der Waals surface area contributed by atoms with E-state index in [0.29, 0.717) is 25.5 Å². The Morgan fingerprint density at radius 2 is 2.00 bits per heavy atom. The highest BCUT2D eigenvalue weighted by Crippen LogP contribution is 2.13. The van der Waals surface area contributed by atoms with E-state index in [-0.39, 0.29) is 17.9 Å². The summed E-state index contributed by atoms with van der Waals surface area (Å²) in [7, 11) is -1.76. The van der Waals surface area contributed by atoms with Gasteiger partial charge in [0.1, 0.15) is 0 Å². The molecule has 0 spiro atoms. The Balaban J connectivity index is 2.35. The molecule has 0 radical (unpaired) electrons. The lowest BCUT2D eigenvalue weighted by atomic mass is 10.3. The molecular formula is C14H23NO4Si. The minimum Gasteiger partial charge on any atom is -0.465 e. The molecule has 1 aromatic rings. The quantitative estimate of drug-likeness (QED) is 0.514. The van der Waals surface area contributed by atoms with Gasteiger partial charge in [-0.15, -0.1) is 0 Å². The molecule has 1 atom stereocenters. The lowest BCUT2D eigenvalue weighted by Gasteiger charge is -2.21. The van der Waals surface area contributed by atoms with Gasteiger partial charge in [0, 0.05) is 25.0 Å². The summed E-state index contributed by atoms with van der Waals surface area (Å²) < 4.78 is 16.5. The first kappa shape index (κ1) is 16.8. The number of hydrogen-bond acceptors (Lipinski definition) is 5. The predicted octanol–water partition coefficient (Wildman–Crippen LogP) is 1.85. The van der Waals surface area contributed by atoms with Crippen molar-refractivity contribution in [3.05, 3.63) is 30.1 Å². The van der Waals surface area contributed by atoms with Crippen LogP contribution >= 0.6 is 0 Å². The zero-order chi connectivity index (χ0) is 14.8. The molecule has 1 rings (SSSR count). The van der Waals surface area contributed by atoms with Crippen LogP contribution in [0.1, 0.15) is 26.5 Å². The van der Waals surface area contributed by atoms with Crippen LogP contribution < -0.4 is 0 Å². The van der Waals surface area contributed by atoms with Crippen LogP contribution in [0.15, 0.2) is 24.4 Å². The van der Waals surface area contributed by atoms with Crippen molar-refractivity contribution in [3.63, 3.8) is 0 Å². The smallest absolute Gasteiger partial charge is 0.327 e. The largest absolute Gasteiger partial charge is 0.465 e. The fourth-order valence-electron chi connectivity index (χ4n) is 1.71. The number of hydrogen-bond donors (Lipinski definition) is 0. The fraction of sp³-hybridized carbons (Fsp3) is 0.571. The third-order valence-corrected chi connectivity index (χ3v) is 5.13. The molecule has 1 heterocycles. The van der Waals surface area contributed by atoms with E-state index in [1.54, 1.807) is 6.20 Å². The average molecular weight is 297 g/mol. The number of aromatic nitrogens is 1. The first-order chi connectivity index (χ1) is 9.67. The maximum absolute atomic E-state index is 11.7. The summed E-state index contributed by atoms with van der Waals surface area (Å²) in [6, 6.07) is 5.48. The van der Waals surface area contributed by atoms with Gasteiger partial charge in [-0.25, -0.2) is 0 Å². The maximum atomic E-state index is 11.7. The molecule has 0 aliphatic carbocycles. The van der Waals surface area contributed by atoms with Gasteiger partial charge in [0.2, 0.25) is 0 Å². The summed E-state index contributed by atoms with van der Waals surface area (Å²) in [6.45, 7) is 7.47. The zero-order valence-corrected chi connectivity index (χ0v) is 13.5. The van der Waals surface area contributed by atoms with Crippen LogP contribution in [-0.2, 0) is 24.8 Å². The van der Waals surface area contributed by atoms with Gasteiger partial charge >= 0.3 is 15.3 Å². The Morgan fingerprint density at radius 3 is 2.55 bits per heavy atom. The van der Waals surface area contributed by atoms with Crippen LogP contribution in [-0.4, -0.2) is 40.1 Å². The van der Waals surface area contributed by atoms with Gasteiger partial charge in [0.05, 0.1) is 18.7 Å². The Labute approximate surface area is 122 Å². The number of pyridine rings is 1. The molecule has 0 amide bonds. The van der Waals surface area contributed by atoms with Crippen molar-refractivity contribution in [3.8, 4) is 0 Å². The highest BCUT2D eigenvalue weighted by Gasteiger charge is 2.23. The lowest BCUT2D eigenvalue weighted by Crippen LogP contribution is -2.31. The van der Waals surface area contributed by atoms with Crippen LogP contribution in [0.2, 0.25) is 5.54 Å². The molecule has 0 fully saturated rings. The second-order valence-electron chi connectivity index (χ2n) is 4.44. The second kappa shape index (κ2) is 9.63. The van der Waals surface area contributed by atoms with Crippen molar-refractivity contribution in [1.82, 2.24) is 4.98 Å². The zero-order valence-electron chi connectivity index (χ0n) is 12.4. The normalized spacial score (nSPS) is 12.4. The molecule has 0 aliphatic heterocycles. The number of esters is 1. The molecule has 0 saturated carbocycles. The number of carbonyl (C=O) groups excluding carboxylic acids is 1. The van der Waals surface area contributed by atoms with E-state index in [9.17, 15) is 4.79 Å². The van der Waals surface area contributed by atoms with E-state index in [0.717, 1.165) is 0 Å². The second-order valence-corrected chi connectivity index (χ2v) is 6.98. The summed E-state index contributed by atoms with van der Waals surface area (Å²) in [5.41, 5.74) is 0.844. The van der Waals surface area contributed by atoms with Crippen LogP contribution in [0.5, 0.6) is 0 Å². The molecule has 0 aromatic carbocycles. The first-order valence-electron chi connectivity index (χ1n) is 6.96. The highest BCUT2D eigenvalue weighted by molar-refractivity contribution is 6.46. The monoisotopic (exact) mass is 297 g/mol. The van der Waals surface area contributed by atoms with Crippen LogP contribution in [0.3, 0.4) is 0 Å². The standard InChI is InChI=1S/C14H23NO4Si/c1-4-18-20(19-5-2)12(3)11-17-14(16)10-13-8-6-7-9-15-13/h6-9,12,20H,4-5,10-11H2,1-3H3. The topological polar surface area (TPSA) is 57.7 Å². The van der Waals surface area contributed by atoms with Crippen molar-refractivity contribution in [2.45, 2.75) is 32.7 Å². The maximum Gasteiger partial charge on any atom is 0.327 e. The van der Waals surface area contributed by atoms with E-state index in [2.05, 4.69) is 4.98 Å². The van der Waals surface area contributed by atoms with Gasteiger partial charge in [0.25, 0.3) is 0 Å². The van der Waals surface area contributed by atoms with Crippen molar-refractivity contribution in [2.75, 3.05) is 19.8 Å². The molecule has 20 heavy (non-hydrogen) atoms. The summed E-state index contributed by atoms with van der Waals surface area (Å²) in [5, 5.41) is 0. The molecule has 112 valence electrons. The molecule has 0 aliphatic rings. The molecule has 5 nitrogen and oxygen atoms in total. The summed E-state index contributed by atoms with van der Waals surface area (Å²) >= 11 is 0. The van der Waals surface area contributed by atoms with E-state index >= 15 is 0 Å². The average Bonchev–Trinajstić information content (AvgIpc) is 2.45. The Morgan fingerprint density at radius 1 is 1.30 bits per heavy atom. The molecule has 1 unspecified atom stereocenters. The molecule has 0 bridgehead atoms. The molecule has 0 saturated heterocycles. The predicted molar refractivity (Wildman–Crippen MR) is 78.7 cm³/mol. The van der Waals surface area contributed by atoms with Gasteiger partial charge in [-0.3, -0.25) is 9.78 Å². The van der Waals surface area contributed by atoms with Gasteiger partial charge in [-0.1, -0.05) is 13.0 Å². The third kappa shape index (κ3) is 6.27. The van der Waals surface area contributed by atoms with Gasteiger partial charge in [-0.2, -0.15) is 0 Å². The van der Waals surface area contributed by atoms with E-state index in [1.807, 2.05) is 39.0 Å². The molecule has 6 heteroatoms. The number of ether oxygens (including phenoxy) is 1. The van der Waals surface area contributed by atoms with Crippen LogP contribution in [0.4, 0.5) is 0 Å². The Bertz CT molecular complexity index is 382. The van der Waals surface area contributed by atoms with Gasteiger partial charge < -0.3 is 13.6 Å². The lowest BCUT2D eigenvalue weighted by molar-refractivity contribution is -0.143. The van der Waals surface area contributed by atoms with Gasteiger partial charge in [-0.05, 0) is 26.0 Å². The number of carbonyl (C=O) groups is 1. The minimum atomic E-state index is -1.76. The van der Waals surface area contributed by atoms with Crippen molar-refractivity contribution in [2.24, 2.45) is 0 Å². The van der Waals surface area contributed by atoms with Crippen molar-refractivity contribution < 1.29 is 18.4 Å². The fourth-order valence-corrected chi connectivity index (χ4v) is 3.37. The van der Waals surface area contributed by atoms with Crippen LogP contribution in [0, 0.1) is 0 Å². The van der Waals surface area contributed by atoms with Crippen molar-refractivity contribution >= 4 is 15.3 Å². The van der Waals surface area contributed by atoms with Gasteiger partial charge in [0.15, 0.2) is 0 Å². The third-order valence-electron chi connectivity index (χ3n) is 2.69. The molecule has 1 aromatic heterocycles. The molecule has 0 N–H and O–H groups in total. The number of rotatable bonds is 9. The summed E-state index contributed by atoms with van der Waals surface area (Å²) in [5.74, 6) is -0.267. The Kier molecular flexibility index (Phi) is 8.09. The number of nitrogens with zero attached hydrogens (tertiary/aromatic N) is 1. The highest BCUT2D eigenvalue weighted by atomic mass is 28.3. The minimum absolute atomic E-state index is 0.127. The summed E-state index contributed by atoms with van der Waals surface area (Å²) in [4.78, 5) is 15.8. The van der Waals surface area contributed by atoms with E-state index in [1.165, 1.54) is 0 Å². The Hall–Kier alpha value is -1.24. The van der Waals surface area contributed by atoms with E-state index in [4.69, 9.17) is 13.6 Å². The van der Waals surface area contributed by atoms with Crippen molar-refractivity contribution in [1.29, 1.82) is 0 Å². The SMILES string of the molecule is CCO[SiH](OCC)C(C)COC(=O)Cc1ccccn1.